The molecule has 0 bridgehead atoms. The zero-order valence-electron chi connectivity index (χ0n) is 20.0. The van der Waals surface area contributed by atoms with E-state index in [1.165, 1.54) is 29.1 Å². The highest BCUT2D eigenvalue weighted by Crippen LogP contribution is 2.34. The summed E-state index contributed by atoms with van der Waals surface area (Å²) in [6.07, 6.45) is 2.45. The van der Waals surface area contributed by atoms with Crippen LogP contribution in [-0.2, 0) is 16.0 Å². The minimum atomic E-state index is -0.408. The summed E-state index contributed by atoms with van der Waals surface area (Å²) in [5.74, 6) is -0.0978. The minimum Gasteiger partial charge on any atom is -0.491 e. The Balaban J connectivity index is 1.35. The second-order valence-corrected chi connectivity index (χ2v) is 10.1. The molecule has 2 aromatic carbocycles. The standard InChI is InChI=1S/C28H29FN2O4S/c29-21-10-8-20(9-11-21)28(33)30(17-23-7-4-15-34-23)18-27(32)31-14-12-26-24(13-16-36-26)25(31)19-35-22-5-2-1-3-6-22/h1-3,5-6,8-11,13,16,23,25H,4,7,12,14-15,17-19H2/t23-,25-/m0/s1. The van der Waals surface area contributed by atoms with Crippen LogP contribution in [-0.4, -0.2) is 60.6 Å². The van der Waals surface area contributed by atoms with Crippen molar-refractivity contribution in [2.45, 2.75) is 31.4 Å². The molecular weight excluding hydrogens is 479 g/mol. The monoisotopic (exact) mass is 508 g/mol. The molecule has 3 aromatic rings. The van der Waals surface area contributed by atoms with E-state index in [1.807, 2.05) is 35.2 Å². The Kier molecular flexibility index (Phi) is 7.63. The molecule has 0 N–H and O–H groups in total. The third kappa shape index (κ3) is 5.60. The van der Waals surface area contributed by atoms with Crippen molar-refractivity contribution in [2.75, 3.05) is 32.8 Å². The average molecular weight is 509 g/mol. The van der Waals surface area contributed by atoms with E-state index in [0.717, 1.165) is 30.6 Å². The van der Waals surface area contributed by atoms with Gasteiger partial charge in [-0.2, -0.15) is 0 Å². The molecule has 0 unspecified atom stereocenters. The lowest BCUT2D eigenvalue weighted by molar-refractivity contribution is -0.135. The van der Waals surface area contributed by atoms with Crippen LogP contribution < -0.4 is 4.74 Å². The first-order chi connectivity index (χ1) is 17.6. The lowest BCUT2D eigenvalue weighted by Gasteiger charge is -2.37. The molecular formula is C28H29FN2O4S. The molecule has 36 heavy (non-hydrogen) atoms. The molecule has 1 fully saturated rings. The predicted molar refractivity (Wildman–Crippen MR) is 136 cm³/mol. The van der Waals surface area contributed by atoms with Gasteiger partial charge in [-0.3, -0.25) is 9.59 Å². The summed E-state index contributed by atoms with van der Waals surface area (Å²) in [7, 11) is 0. The number of ether oxygens (including phenoxy) is 2. The summed E-state index contributed by atoms with van der Waals surface area (Å²) in [5, 5.41) is 2.05. The highest BCUT2D eigenvalue weighted by atomic mass is 32.1. The van der Waals surface area contributed by atoms with E-state index in [-0.39, 0.29) is 30.5 Å². The molecule has 2 amide bonds. The van der Waals surface area contributed by atoms with Crippen LogP contribution in [0.3, 0.4) is 0 Å². The van der Waals surface area contributed by atoms with Gasteiger partial charge in [-0.1, -0.05) is 18.2 Å². The number of hydrogen-bond acceptors (Lipinski definition) is 5. The van der Waals surface area contributed by atoms with Crippen LogP contribution in [0, 0.1) is 5.82 Å². The Morgan fingerprint density at radius 2 is 1.92 bits per heavy atom. The minimum absolute atomic E-state index is 0.0720. The van der Waals surface area contributed by atoms with Gasteiger partial charge in [-0.15, -0.1) is 11.3 Å². The van der Waals surface area contributed by atoms with Gasteiger partial charge in [-0.25, -0.2) is 4.39 Å². The zero-order chi connectivity index (χ0) is 24.9. The number of carbonyl (C=O) groups is 2. The molecule has 0 spiro atoms. The van der Waals surface area contributed by atoms with E-state index < -0.39 is 5.82 Å². The van der Waals surface area contributed by atoms with Gasteiger partial charge in [0.2, 0.25) is 5.91 Å². The molecule has 5 rings (SSSR count). The number of halogens is 1. The number of thiophene rings is 1. The van der Waals surface area contributed by atoms with Crippen LogP contribution >= 0.6 is 11.3 Å². The summed E-state index contributed by atoms with van der Waals surface area (Å²) in [6.45, 7) is 1.80. The van der Waals surface area contributed by atoms with Gasteiger partial charge in [-0.05, 0) is 72.7 Å². The number of hydrogen-bond donors (Lipinski definition) is 0. The Morgan fingerprint density at radius 1 is 1.11 bits per heavy atom. The van der Waals surface area contributed by atoms with Crippen LogP contribution in [0.25, 0.3) is 0 Å². The molecule has 1 saturated heterocycles. The van der Waals surface area contributed by atoms with Gasteiger partial charge in [0.25, 0.3) is 5.91 Å². The topological polar surface area (TPSA) is 59.1 Å². The molecule has 0 saturated carbocycles. The quantitative estimate of drug-likeness (QED) is 0.442. The van der Waals surface area contributed by atoms with Crippen molar-refractivity contribution in [3.63, 3.8) is 0 Å². The van der Waals surface area contributed by atoms with Crippen molar-refractivity contribution < 1.29 is 23.5 Å². The molecule has 1 aromatic heterocycles. The number of para-hydroxylation sites is 1. The number of amides is 2. The second-order valence-electron chi connectivity index (χ2n) is 9.10. The van der Waals surface area contributed by atoms with E-state index in [4.69, 9.17) is 9.47 Å². The van der Waals surface area contributed by atoms with Gasteiger partial charge in [0, 0.05) is 30.1 Å². The van der Waals surface area contributed by atoms with E-state index >= 15 is 0 Å². The molecule has 188 valence electrons. The average Bonchev–Trinajstić information content (AvgIpc) is 3.59. The van der Waals surface area contributed by atoms with Crippen molar-refractivity contribution in [3.05, 3.63) is 87.9 Å². The van der Waals surface area contributed by atoms with E-state index in [0.29, 0.717) is 31.9 Å². The highest BCUT2D eigenvalue weighted by Gasteiger charge is 2.34. The van der Waals surface area contributed by atoms with Gasteiger partial charge in [0.1, 0.15) is 24.7 Å². The summed E-state index contributed by atoms with van der Waals surface area (Å²) in [6, 6.07) is 16.8. The smallest absolute Gasteiger partial charge is 0.254 e. The number of fused-ring (bicyclic) bond motifs is 1. The molecule has 2 aliphatic rings. The maximum atomic E-state index is 13.7. The molecule has 6 nitrogen and oxygen atoms in total. The van der Waals surface area contributed by atoms with Crippen molar-refractivity contribution in [1.29, 1.82) is 0 Å². The molecule has 2 aliphatic heterocycles. The first-order valence-electron chi connectivity index (χ1n) is 12.3. The van der Waals surface area contributed by atoms with Gasteiger partial charge in [0.05, 0.1) is 12.1 Å². The summed E-state index contributed by atoms with van der Waals surface area (Å²) < 4.78 is 25.3. The highest BCUT2D eigenvalue weighted by molar-refractivity contribution is 7.10. The first kappa shape index (κ1) is 24.5. The second kappa shape index (κ2) is 11.2. The SMILES string of the molecule is O=C(c1ccc(F)cc1)N(CC(=O)N1CCc2sccc2[C@@H]1COc1ccccc1)C[C@@H]1CCCO1. The van der Waals surface area contributed by atoms with E-state index in [1.54, 1.807) is 16.2 Å². The third-order valence-electron chi connectivity index (χ3n) is 6.72. The van der Waals surface area contributed by atoms with Crippen molar-refractivity contribution in [2.24, 2.45) is 0 Å². The fourth-order valence-corrected chi connectivity index (χ4v) is 5.78. The third-order valence-corrected chi connectivity index (χ3v) is 7.72. The Bertz CT molecular complexity index is 1180. The van der Waals surface area contributed by atoms with Crippen LogP contribution in [0.2, 0.25) is 0 Å². The van der Waals surface area contributed by atoms with Crippen molar-refractivity contribution in [1.82, 2.24) is 9.80 Å². The van der Waals surface area contributed by atoms with Crippen molar-refractivity contribution in [3.8, 4) is 5.75 Å². The molecule has 0 aliphatic carbocycles. The lowest BCUT2D eigenvalue weighted by atomic mass is 10.00. The van der Waals surface area contributed by atoms with E-state index in [9.17, 15) is 14.0 Å². The maximum Gasteiger partial charge on any atom is 0.254 e. The first-order valence-corrected chi connectivity index (χ1v) is 13.2. The van der Waals surface area contributed by atoms with Crippen LogP contribution in [0.5, 0.6) is 5.75 Å². The largest absolute Gasteiger partial charge is 0.491 e. The zero-order valence-corrected chi connectivity index (χ0v) is 20.8. The van der Waals surface area contributed by atoms with Crippen LogP contribution in [0.4, 0.5) is 4.39 Å². The molecule has 3 heterocycles. The summed E-state index contributed by atoms with van der Waals surface area (Å²) in [5.41, 5.74) is 1.45. The number of carbonyl (C=O) groups excluding carboxylic acids is 2. The van der Waals surface area contributed by atoms with Gasteiger partial charge in [0.15, 0.2) is 0 Å². The van der Waals surface area contributed by atoms with Crippen molar-refractivity contribution >= 4 is 23.2 Å². The predicted octanol–water partition coefficient (Wildman–Crippen LogP) is 4.71. The summed E-state index contributed by atoms with van der Waals surface area (Å²) >= 11 is 1.70. The van der Waals surface area contributed by atoms with Crippen LogP contribution in [0.15, 0.2) is 66.0 Å². The van der Waals surface area contributed by atoms with Gasteiger partial charge >= 0.3 is 0 Å². The normalized spacial score (nSPS) is 19.1. The van der Waals surface area contributed by atoms with E-state index in [2.05, 4.69) is 11.4 Å². The number of benzene rings is 2. The maximum absolute atomic E-state index is 13.7. The Morgan fingerprint density at radius 3 is 2.67 bits per heavy atom. The molecule has 2 atom stereocenters. The van der Waals surface area contributed by atoms with Gasteiger partial charge < -0.3 is 19.3 Å². The number of nitrogens with zero attached hydrogens (tertiary/aromatic N) is 2. The Hall–Kier alpha value is -3.23. The fourth-order valence-electron chi connectivity index (χ4n) is 4.85. The molecule has 8 heteroatoms. The lowest BCUT2D eigenvalue weighted by Crippen LogP contribution is -2.49. The molecule has 0 radical (unpaired) electrons. The Labute approximate surface area is 214 Å². The number of rotatable bonds is 8. The van der Waals surface area contributed by atoms with Crippen LogP contribution in [0.1, 0.15) is 39.7 Å². The summed E-state index contributed by atoms with van der Waals surface area (Å²) in [4.78, 5) is 31.7. The fraction of sp³-hybridized carbons (Fsp3) is 0.357.